The third-order valence-corrected chi connectivity index (χ3v) is 3.04. The van der Waals surface area contributed by atoms with E-state index in [-0.39, 0.29) is 0 Å². The smallest absolute Gasteiger partial charge is 0.175 e. The third kappa shape index (κ3) is 3.96. The zero-order chi connectivity index (χ0) is 11.3. The summed E-state index contributed by atoms with van der Waals surface area (Å²) in [5.74, 6) is 5.08. The highest BCUT2D eigenvalue weighted by Crippen LogP contribution is 2.09. The molecule has 0 aliphatic heterocycles. The van der Waals surface area contributed by atoms with Gasteiger partial charge >= 0.3 is 0 Å². The quantitative estimate of drug-likeness (QED) is 0.277. The summed E-state index contributed by atoms with van der Waals surface area (Å²) in [5, 5.41) is 3.02. The molecule has 1 aromatic rings. The molecule has 0 spiro atoms. The van der Waals surface area contributed by atoms with Crippen molar-refractivity contribution < 1.29 is 8.42 Å². The van der Waals surface area contributed by atoms with Crippen molar-refractivity contribution >= 4 is 9.84 Å². The number of rotatable bonds is 5. The van der Waals surface area contributed by atoms with Crippen molar-refractivity contribution in [3.63, 3.8) is 0 Å². The fourth-order valence-electron chi connectivity index (χ4n) is 1.13. The van der Waals surface area contributed by atoms with E-state index in [4.69, 9.17) is 5.84 Å². The SMILES string of the molecule is CS(=O)(=O)c1ccc(CNCNN)cc1. The molecule has 0 atom stereocenters. The molecule has 0 bridgehead atoms. The first kappa shape index (κ1) is 12.1. The molecule has 0 unspecified atom stereocenters. The second-order valence-corrected chi connectivity index (χ2v) is 5.24. The normalized spacial score (nSPS) is 11.6. The van der Waals surface area contributed by atoms with Gasteiger partial charge in [0, 0.05) is 12.8 Å². The summed E-state index contributed by atoms with van der Waals surface area (Å²) in [6.07, 6.45) is 1.19. The van der Waals surface area contributed by atoms with Crippen LogP contribution in [-0.2, 0) is 16.4 Å². The minimum atomic E-state index is -3.10. The van der Waals surface area contributed by atoms with Gasteiger partial charge in [-0.2, -0.15) is 0 Å². The highest BCUT2D eigenvalue weighted by molar-refractivity contribution is 7.90. The van der Waals surface area contributed by atoms with Gasteiger partial charge in [0.1, 0.15) is 0 Å². The molecule has 0 heterocycles. The van der Waals surface area contributed by atoms with E-state index >= 15 is 0 Å². The van der Waals surface area contributed by atoms with E-state index in [0.29, 0.717) is 18.1 Å². The van der Waals surface area contributed by atoms with Gasteiger partial charge in [0.25, 0.3) is 0 Å². The van der Waals surface area contributed by atoms with Gasteiger partial charge < -0.3 is 0 Å². The molecular formula is C9H15N3O2S. The first-order valence-electron chi connectivity index (χ1n) is 4.47. The van der Waals surface area contributed by atoms with Crippen LogP contribution >= 0.6 is 0 Å². The Bertz CT molecular complexity index is 400. The van der Waals surface area contributed by atoms with Crippen LogP contribution in [0.15, 0.2) is 29.2 Å². The van der Waals surface area contributed by atoms with Crippen LogP contribution in [0.25, 0.3) is 0 Å². The van der Waals surface area contributed by atoms with E-state index in [1.165, 1.54) is 6.26 Å². The van der Waals surface area contributed by atoms with Gasteiger partial charge in [0.2, 0.25) is 0 Å². The van der Waals surface area contributed by atoms with E-state index < -0.39 is 9.84 Å². The maximum Gasteiger partial charge on any atom is 0.175 e. The third-order valence-electron chi connectivity index (χ3n) is 1.91. The lowest BCUT2D eigenvalue weighted by molar-refractivity contribution is 0.599. The molecule has 0 saturated heterocycles. The molecule has 0 saturated carbocycles. The molecule has 84 valence electrons. The van der Waals surface area contributed by atoms with Gasteiger partial charge in [-0.1, -0.05) is 12.1 Å². The lowest BCUT2D eigenvalue weighted by atomic mass is 10.2. The van der Waals surface area contributed by atoms with Gasteiger partial charge in [0.05, 0.1) is 11.6 Å². The van der Waals surface area contributed by atoms with Gasteiger partial charge in [-0.25, -0.2) is 13.8 Å². The largest absolute Gasteiger partial charge is 0.299 e. The Morgan fingerprint density at radius 3 is 2.33 bits per heavy atom. The zero-order valence-electron chi connectivity index (χ0n) is 8.53. The van der Waals surface area contributed by atoms with Crippen molar-refractivity contribution in [1.29, 1.82) is 0 Å². The fraction of sp³-hybridized carbons (Fsp3) is 0.333. The van der Waals surface area contributed by atoms with Crippen molar-refractivity contribution in [2.45, 2.75) is 11.4 Å². The molecule has 0 aromatic heterocycles. The topological polar surface area (TPSA) is 84.2 Å². The summed E-state index contributed by atoms with van der Waals surface area (Å²) < 4.78 is 22.3. The molecule has 4 N–H and O–H groups in total. The number of hydrazine groups is 1. The molecule has 0 amide bonds. The molecule has 0 fully saturated rings. The first-order valence-corrected chi connectivity index (χ1v) is 6.36. The first-order chi connectivity index (χ1) is 7.04. The Balaban J connectivity index is 2.65. The van der Waals surface area contributed by atoms with Gasteiger partial charge in [-0.3, -0.25) is 11.2 Å². The molecule has 0 radical (unpaired) electrons. The Morgan fingerprint density at radius 1 is 1.27 bits per heavy atom. The number of benzene rings is 1. The number of hydrogen-bond donors (Lipinski definition) is 3. The van der Waals surface area contributed by atoms with Crippen LogP contribution in [0, 0.1) is 0 Å². The van der Waals surface area contributed by atoms with Crippen molar-refractivity contribution in [2.75, 3.05) is 12.9 Å². The van der Waals surface area contributed by atoms with Crippen molar-refractivity contribution in [1.82, 2.24) is 10.7 Å². The van der Waals surface area contributed by atoms with Crippen LogP contribution in [-0.4, -0.2) is 21.3 Å². The average Bonchev–Trinajstić information content (AvgIpc) is 2.18. The highest BCUT2D eigenvalue weighted by Gasteiger charge is 2.05. The molecule has 6 heteroatoms. The fourth-order valence-corrected chi connectivity index (χ4v) is 1.76. The lowest BCUT2D eigenvalue weighted by Crippen LogP contribution is -2.33. The van der Waals surface area contributed by atoms with Crippen molar-refractivity contribution in [3.8, 4) is 0 Å². The number of sulfone groups is 1. The standard InChI is InChI=1S/C9H15N3O2S/c1-15(13,14)9-4-2-8(3-5-9)6-11-7-12-10/h2-5,11-12H,6-7,10H2,1H3. The molecule has 15 heavy (non-hydrogen) atoms. The molecule has 1 rings (SSSR count). The van der Waals surface area contributed by atoms with Gasteiger partial charge in [-0.15, -0.1) is 0 Å². The monoisotopic (exact) mass is 229 g/mol. The average molecular weight is 229 g/mol. The van der Waals surface area contributed by atoms with Gasteiger partial charge in [0.15, 0.2) is 9.84 Å². The minimum absolute atomic E-state index is 0.336. The number of nitrogens with two attached hydrogens (primary N) is 1. The van der Waals surface area contributed by atoms with Crippen LogP contribution in [0.3, 0.4) is 0 Å². The highest BCUT2D eigenvalue weighted by atomic mass is 32.2. The van der Waals surface area contributed by atoms with Crippen molar-refractivity contribution in [3.05, 3.63) is 29.8 Å². The number of hydrogen-bond acceptors (Lipinski definition) is 5. The van der Waals surface area contributed by atoms with Crippen molar-refractivity contribution in [2.24, 2.45) is 5.84 Å². The summed E-state index contributed by atoms with van der Waals surface area (Å²) in [7, 11) is -3.10. The van der Waals surface area contributed by atoms with Crippen LogP contribution in [0.2, 0.25) is 0 Å². The predicted octanol–water partition coefficient (Wildman–Crippen LogP) is -0.399. The molecular weight excluding hydrogens is 214 g/mol. The maximum atomic E-state index is 11.2. The Morgan fingerprint density at radius 2 is 1.87 bits per heavy atom. The second kappa shape index (κ2) is 5.22. The van der Waals surface area contributed by atoms with E-state index in [9.17, 15) is 8.42 Å². The van der Waals surface area contributed by atoms with Crippen LogP contribution in [0.5, 0.6) is 0 Å². The summed E-state index contributed by atoms with van der Waals surface area (Å²) in [6.45, 7) is 1.15. The molecule has 0 aliphatic rings. The van der Waals surface area contributed by atoms with Crippen LogP contribution in [0.1, 0.15) is 5.56 Å². The zero-order valence-corrected chi connectivity index (χ0v) is 9.34. The summed E-state index contributed by atoms with van der Waals surface area (Å²) in [6, 6.07) is 6.75. The Kier molecular flexibility index (Phi) is 4.22. The van der Waals surface area contributed by atoms with Gasteiger partial charge in [-0.05, 0) is 17.7 Å². The molecule has 1 aromatic carbocycles. The van der Waals surface area contributed by atoms with E-state index in [0.717, 1.165) is 5.56 Å². The second-order valence-electron chi connectivity index (χ2n) is 3.22. The van der Waals surface area contributed by atoms with Crippen LogP contribution in [0.4, 0.5) is 0 Å². The summed E-state index contributed by atoms with van der Waals surface area (Å²) in [4.78, 5) is 0.336. The maximum absolute atomic E-state index is 11.2. The number of nitrogens with one attached hydrogen (secondary N) is 2. The molecule has 5 nitrogen and oxygen atoms in total. The Labute approximate surface area is 89.6 Å². The van der Waals surface area contributed by atoms with E-state index in [1.54, 1.807) is 24.3 Å². The lowest BCUT2D eigenvalue weighted by Gasteiger charge is -2.04. The summed E-state index contributed by atoms with van der Waals surface area (Å²) in [5.41, 5.74) is 3.48. The molecule has 0 aliphatic carbocycles. The summed E-state index contributed by atoms with van der Waals surface area (Å²) >= 11 is 0. The Hall–Kier alpha value is -0.950. The van der Waals surface area contributed by atoms with E-state index in [1.807, 2.05) is 0 Å². The minimum Gasteiger partial charge on any atom is -0.299 e. The predicted molar refractivity (Wildman–Crippen MR) is 58.6 cm³/mol. The van der Waals surface area contributed by atoms with Crippen LogP contribution < -0.4 is 16.6 Å². The van der Waals surface area contributed by atoms with E-state index in [2.05, 4.69) is 10.7 Å².